The van der Waals surface area contributed by atoms with Crippen LogP contribution in [0.25, 0.3) is 0 Å². The maximum atomic E-state index is 12.8. The van der Waals surface area contributed by atoms with Crippen molar-refractivity contribution in [3.63, 3.8) is 0 Å². The Morgan fingerprint density at radius 1 is 1.19 bits per heavy atom. The summed E-state index contributed by atoms with van der Waals surface area (Å²) in [6.45, 7) is 0.172. The Morgan fingerprint density at radius 3 is 2.59 bits per heavy atom. The molecule has 0 aromatic carbocycles. The van der Waals surface area contributed by atoms with Crippen LogP contribution in [-0.2, 0) is 11.3 Å². The summed E-state index contributed by atoms with van der Waals surface area (Å²) in [5.74, 6) is -0.0208. The van der Waals surface area contributed by atoms with Gasteiger partial charge in [-0.2, -0.15) is 5.10 Å². The summed E-state index contributed by atoms with van der Waals surface area (Å²) in [4.78, 5) is 27.0. The standard InChI is InChI=1S/C20H31N5O2/c1-24(18-9-16-7-8-17(10-18)22-16)20(27)14-11-21-25(12-14)13-19(26)23-15-5-3-2-4-6-15/h11-12,15-18,22H,2-10,13H2,1H3,(H,23,26). The van der Waals surface area contributed by atoms with Crippen LogP contribution in [0, 0.1) is 0 Å². The van der Waals surface area contributed by atoms with Crippen molar-refractivity contribution in [3.8, 4) is 0 Å². The molecule has 4 rings (SSSR count). The molecular formula is C20H31N5O2. The number of nitrogens with zero attached hydrogens (tertiary/aromatic N) is 3. The Morgan fingerprint density at radius 2 is 1.89 bits per heavy atom. The van der Waals surface area contributed by atoms with Crippen molar-refractivity contribution >= 4 is 11.8 Å². The molecule has 0 radical (unpaired) electrons. The molecule has 3 aliphatic rings. The lowest BCUT2D eigenvalue weighted by Gasteiger charge is -2.35. The molecule has 0 spiro atoms. The second-order valence-corrected chi connectivity index (χ2v) is 8.51. The lowest BCUT2D eigenvalue weighted by molar-refractivity contribution is -0.122. The highest BCUT2D eigenvalue weighted by Crippen LogP contribution is 2.29. The number of nitrogens with one attached hydrogen (secondary N) is 2. The first kappa shape index (κ1) is 18.5. The van der Waals surface area contributed by atoms with Gasteiger partial charge >= 0.3 is 0 Å². The normalized spacial score (nSPS) is 28.1. The molecular weight excluding hydrogens is 342 g/mol. The van der Waals surface area contributed by atoms with Gasteiger partial charge in [0, 0.05) is 37.4 Å². The maximum absolute atomic E-state index is 12.8. The van der Waals surface area contributed by atoms with Gasteiger partial charge in [-0.05, 0) is 38.5 Å². The minimum Gasteiger partial charge on any atom is -0.352 e. The average molecular weight is 374 g/mol. The highest BCUT2D eigenvalue weighted by atomic mass is 16.2. The van der Waals surface area contributed by atoms with Gasteiger partial charge in [-0.1, -0.05) is 19.3 Å². The Balaban J connectivity index is 1.31. The van der Waals surface area contributed by atoms with Gasteiger partial charge in [-0.3, -0.25) is 14.3 Å². The summed E-state index contributed by atoms with van der Waals surface area (Å²) in [7, 11) is 1.89. The zero-order chi connectivity index (χ0) is 18.8. The molecule has 2 aliphatic heterocycles. The van der Waals surface area contributed by atoms with Crippen LogP contribution < -0.4 is 10.6 Å². The van der Waals surface area contributed by atoms with Gasteiger partial charge in [0.2, 0.25) is 5.91 Å². The number of rotatable bonds is 5. The number of amides is 2. The molecule has 2 saturated heterocycles. The SMILES string of the molecule is CN(C(=O)c1cnn(CC(=O)NC2CCCCC2)c1)C1CC2CCC(C1)N2. The fourth-order valence-electron chi connectivity index (χ4n) is 4.94. The van der Waals surface area contributed by atoms with E-state index in [-0.39, 0.29) is 24.4 Å². The molecule has 3 heterocycles. The summed E-state index contributed by atoms with van der Waals surface area (Å²) in [5, 5.41) is 10.9. The zero-order valence-electron chi connectivity index (χ0n) is 16.2. The lowest BCUT2D eigenvalue weighted by atomic mass is 9.95. The van der Waals surface area contributed by atoms with Gasteiger partial charge in [0.25, 0.3) is 5.91 Å². The second-order valence-electron chi connectivity index (χ2n) is 8.51. The number of hydrogen-bond donors (Lipinski definition) is 2. The van der Waals surface area contributed by atoms with Crippen LogP contribution in [0.5, 0.6) is 0 Å². The first-order valence-electron chi connectivity index (χ1n) is 10.4. The molecule has 7 nitrogen and oxygen atoms in total. The second kappa shape index (κ2) is 8.00. The third kappa shape index (κ3) is 4.34. The van der Waals surface area contributed by atoms with Crippen molar-refractivity contribution in [2.45, 2.75) is 88.5 Å². The van der Waals surface area contributed by atoms with E-state index in [0.29, 0.717) is 23.7 Å². The summed E-state index contributed by atoms with van der Waals surface area (Å²) in [6.07, 6.45) is 13.6. The lowest BCUT2D eigenvalue weighted by Crippen LogP contribution is -2.48. The summed E-state index contributed by atoms with van der Waals surface area (Å²) in [6, 6.07) is 1.68. The molecule has 1 saturated carbocycles. The number of aromatic nitrogens is 2. The zero-order valence-corrected chi connectivity index (χ0v) is 16.2. The molecule has 1 aliphatic carbocycles. The number of carbonyl (C=O) groups is 2. The minimum absolute atomic E-state index is 0.000221. The maximum Gasteiger partial charge on any atom is 0.257 e. The fourth-order valence-corrected chi connectivity index (χ4v) is 4.94. The molecule has 27 heavy (non-hydrogen) atoms. The number of piperidine rings is 1. The number of carbonyl (C=O) groups excluding carboxylic acids is 2. The van der Waals surface area contributed by atoms with Gasteiger partial charge in [0.05, 0.1) is 11.8 Å². The first-order valence-corrected chi connectivity index (χ1v) is 10.4. The predicted octanol–water partition coefficient (Wildman–Crippen LogP) is 1.69. The topological polar surface area (TPSA) is 79.3 Å². The van der Waals surface area contributed by atoms with Gasteiger partial charge in [0.15, 0.2) is 0 Å². The first-order chi connectivity index (χ1) is 13.1. The van der Waals surface area contributed by atoms with Crippen LogP contribution >= 0.6 is 0 Å². The largest absolute Gasteiger partial charge is 0.352 e. The Bertz CT molecular complexity index is 670. The van der Waals surface area contributed by atoms with Crippen LogP contribution in [0.1, 0.15) is 68.1 Å². The molecule has 1 aromatic rings. The predicted molar refractivity (Wildman–Crippen MR) is 102 cm³/mol. The van der Waals surface area contributed by atoms with Crippen molar-refractivity contribution in [2.75, 3.05) is 7.05 Å². The summed E-state index contributed by atoms with van der Waals surface area (Å²) in [5.41, 5.74) is 0.564. The third-order valence-electron chi connectivity index (χ3n) is 6.47. The monoisotopic (exact) mass is 373 g/mol. The van der Waals surface area contributed by atoms with Gasteiger partial charge < -0.3 is 15.5 Å². The van der Waals surface area contributed by atoms with Gasteiger partial charge in [-0.15, -0.1) is 0 Å². The minimum atomic E-state index is -0.0210. The van der Waals surface area contributed by atoms with Crippen LogP contribution in [0.2, 0.25) is 0 Å². The molecule has 2 N–H and O–H groups in total. The Labute approximate surface area is 160 Å². The smallest absolute Gasteiger partial charge is 0.257 e. The van der Waals surface area contributed by atoms with Crippen molar-refractivity contribution in [1.29, 1.82) is 0 Å². The molecule has 7 heteroatoms. The van der Waals surface area contributed by atoms with Crippen LogP contribution in [0.3, 0.4) is 0 Å². The van der Waals surface area contributed by atoms with E-state index >= 15 is 0 Å². The van der Waals surface area contributed by atoms with E-state index in [0.717, 1.165) is 25.7 Å². The molecule has 3 fully saturated rings. The van der Waals surface area contributed by atoms with E-state index in [1.165, 1.54) is 32.1 Å². The average Bonchev–Trinajstić information content (AvgIpc) is 3.27. The van der Waals surface area contributed by atoms with E-state index in [9.17, 15) is 9.59 Å². The van der Waals surface area contributed by atoms with Crippen LogP contribution in [-0.4, -0.2) is 57.7 Å². The molecule has 2 bridgehead atoms. The van der Waals surface area contributed by atoms with E-state index in [1.807, 2.05) is 11.9 Å². The van der Waals surface area contributed by atoms with Crippen LogP contribution in [0.15, 0.2) is 12.4 Å². The third-order valence-corrected chi connectivity index (χ3v) is 6.47. The van der Waals surface area contributed by atoms with Crippen molar-refractivity contribution in [1.82, 2.24) is 25.3 Å². The van der Waals surface area contributed by atoms with E-state index in [4.69, 9.17) is 0 Å². The summed E-state index contributed by atoms with van der Waals surface area (Å²) >= 11 is 0. The highest BCUT2D eigenvalue weighted by molar-refractivity contribution is 5.93. The Kier molecular flexibility index (Phi) is 5.48. The molecule has 1 aromatic heterocycles. The summed E-state index contributed by atoms with van der Waals surface area (Å²) < 4.78 is 1.57. The van der Waals surface area contributed by atoms with Crippen molar-refractivity contribution < 1.29 is 9.59 Å². The van der Waals surface area contributed by atoms with E-state index in [2.05, 4.69) is 15.7 Å². The van der Waals surface area contributed by atoms with Crippen LogP contribution in [0.4, 0.5) is 0 Å². The Hall–Kier alpha value is -1.89. The van der Waals surface area contributed by atoms with E-state index < -0.39 is 0 Å². The van der Waals surface area contributed by atoms with Crippen molar-refractivity contribution in [3.05, 3.63) is 18.0 Å². The van der Waals surface area contributed by atoms with E-state index in [1.54, 1.807) is 17.1 Å². The fraction of sp³-hybridized carbons (Fsp3) is 0.750. The molecule has 148 valence electrons. The number of fused-ring (bicyclic) bond motifs is 2. The highest BCUT2D eigenvalue weighted by Gasteiger charge is 2.36. The van der Waals surface area contributed by atoms with Gasteiger partial charge in [0.1, 0.15) is 6.54 Å². The molecule has 2 atom stereocenters. The molecule has 2 amide bonds. The quantitative estimate of drug-likeness (QED) is 0.823. The number of hydrogen-bond acceptors (Lipinski definition) is 4. The molecule has 2 unspecified atom stereocenters. The van der Waals surface area contributed by atoms with Crippen molar-refractivity contribution in [2.24, 2.45) is 0 Å². The van der Waals surface area contributed by atoms with Gasteiger partial charge in [-0.25, -0.2) is 0 Å².